The molecular formula is C22H21FO2. The topological polar surface area (TPSA) is 18.5 Å². The van der Waals surface area contributed by atoms with Gasteiger partial charge in [-0.1, -0.05) is 36.4 Å². The van der Waals surface area contributed by atoms with E-state index >= 15 is 0 Å². The second-order valence-corrected chi connectivity index (χ2v) is 5.93. The van der Waals surface area contributed by atoms with Crippen molar-refractivity contribution in [3.05, 3.63) is 95.3 Å². The van der Waals surface area contributed by atoms with Crippen molar-refractivity contribution in [2.24, 2.45) is 0 Å². The molecule has 0 saturated carbocycles. The lowest BCUT2D eigenvalue weighted by Gasteiger charge is -2.19. The summed E-state index contributed by atoms with van der Waals surface area (Å²) in [5, 5.41) is 0. The number of ether oxygens (including phenoxy) is 2. The zero-order valence-electron chi connectivity index (χ0n) is 14.4. The van der Waals surface area contributed by atoms with Gasteiger partial charge in [0.15, 0.2) is 0 Å². The molecule has 25 heavy (non-hydrogen) atoms. The van der Waals surface area contributed by atoms with Gasteiger partial charge in [0, 0.05) is 5.92 Å². The molecule has 0 aromatic heterocycles. The minimum Gasteiger partial charge on any atom is -0.497 e. The van der Waals surface area contributed by atoms with Crippen molar-refractivity contribution in [3.63, 3.8) is 0 Å². The first-order valence-corrected chi connectivity index (χ1v) is 8.22. The molecule has 0 amide bonds. The maximum absolute atomic E-state index is 13.8. The molecule has 1 atom stereocenters. The van der Waals surface area contributed by atoms with Crippen LogP contribution in [0.1, 0.15) is 22.6 Å². The second-order valence-electron chi connectivity index (χ2n) is 5.93. The summed E-state index contributed by atoms with van der Waals surface area (Å²) in [4.78, 5) is 0. The zero-order valence-corrected chi connectivity index (χ0v) is 14.4. The summed E-state index contributed by atoms with van der Waals surface area (Å²) in [7, 11) is 3.30. The van der Waals surface area contributed by atoms with Gasteiger partial charge < -0.3 is 9.47 Å². The quantitative estimate of drug-likeness (QED) is 0.614. The van der Waals surface area contributed by atoms with Crippen molar-refractivity contribution >= 4 is 0 Å². The van der Waals surface area contributed by atoms with Crippen LogP contribution in [0.2, 0.25) is 0 Å². The number of methoxy groups -OCH3 is 2. The molecule has 0 spiro atoms. The van der Waals surface area contributed by atoms with Crippen molar-refractivity contribution in [2.45, 2.75) is 12.3 Å². The minimum absolute atomic E-state index is 0.0648. The van der Waals surface area contributed by atoms with Crippen molar-refractivity contribution < 1.29 is 13.9 Å². The Morgan fingerprint density at radius 3 is 1.92 bits per heavy atom. The Hall–Kier alpha value is -2.81. The van der Waals surface area contributed by atoms with E-state index in [1.165, 1.54) is 11.6 Å². The number of hydrogen-bond donors (Lipinski definition) is 0. The molecule has 0 aliphatic carbocycles. The third-order valence-corrected chi connectivity index (χ3v) is 4.37. The van der Waals surface area contributed by atoms with Gasteiger partial charge in [-0.2, -0.15) is 0 Å². The van der Waals surface area contributed by atoms with Gasteiger partial charge in [0.05, 0.1) is 14.2 Å². The lowest BCUT2D eigenvalue weighted by molar-refractivity contribution is 0.414. The highest BCUT2D eigenvalue weighted by Crippen LogP contribution is 2.30. The summed E-state index contributed by atoms with van der Waals surface area (Å²) >= 11 is 0. The van der Waals surface area contributed by atoms with Crippen molar-refractivity contribution in [1.82, 2.24) is 0 Å². The van der Waals surface area contributed by atoms with Gasteiger partial charge >= 0.3 is 0 Å². The van der Waals surface area contributed by atoms with E-state index in [-0.39, 0.29) is 11.7 Å². The van der Waals surface area contributed by atoms with Crippen LogP contribution in [-0.2, 0) is 6.42 Å². The lowest BCUT2D eigenvalue weighted by Crippen LogP contribution is -2.06. The average molecular weight is 336 g/mol. The van der Waals surface area contributed by atoms with E-state index in [9.17, 15) is 4.39 Å². The Balaban J connectivity index is 1.95. The third-order valence-electron chi connectivity index (χ3n) is 4.37. The lowest BCUT2D eigenvalue weighted by atomic mass is 9.86. The molecule has 128 valence electrons. The summed E-state index contributed by atoms with van der Waals surface area (Å²) in [6.45, 7) is 0. The number of rotatable bonds is 6. The molecule has 0 fully saturated rings. The molecule has 0 aliphatic heterocycles. The Morgan fingerprint density at radius 1 is 0.760 bits per heavy atom. The minimum atomic E-state index is -0.217. The summed E-state index contributed by atoms with van der Waals surface area (Å²) in [5.74, 6) is 1.49. The van der Waals surface area contributed by atoms with Gasteiger partial charge in [-0.25, -0.2) is 4.39 Å². The summed E-state index contributed by atoms with van der Waals surface area (Å²) < 4.78 is 24.2. The fourth-order valence-corrected chi connectivity index (χ4v) is 2.99. The van der Waals surface area contributed by atoms with E-state index in [4.69, 9.17) is 9.47 Å². The molecule has 0 radical (unpaired) electrons. The van der Waals surface area contributed by atoms with Crippen LogP contribution in [0.15, 0.2) is 72.8 Å². The highest BCUT2D eigenvalue weighted by molar-refractivity contribution is 5.39. The average Bonchev–Trinajstić information content (AvgIpc) is 2.67. The highest BCUT2D eigenvalue weighted by Gasteiger charge is 2.16. The molecule has 0 heterocycles. The monoisotopic (exact) mass is 336 g/mol. The maximum atomic E-state index is 13.8. The van der Waals surface area contributed by atoms with Crippen LogP contribution in [-0.4, -0.2) is 14.2 Å². The van der Waals surface area contributed by atoms with Crippen molar-refractivity contribution in [1.29, 1.82) is 0 Å². The molecule has 2 nitrogen and oxygen atoms in total. The van der Waals surface area contributed by atoms with Gasteiger partial charge in [0.2, 0.25) is 0 Å². The van der Waals surface area contributed by atoms with Crippen LogP contribution < -0.4 is 9.47 Å². The van der Waals surface area contributed by atoms with Gasteiger partial charge in [-0.3, -0.25) is 0 Å². The molecule has 0 saturated heterocycles. The summed E-state index contributed by atoms with van der Waals surface area (Å²) in [5.41, 5.74) is 3.26. The van der Waals surface area contributed by atoms with E-state index in [2.05, 4.69) is 12.1 Å². The van der Waals surface area contributed by atoms with Gasteiger partial charge in [0.25, 0.3) is 0 Å². The van der Waals surface area contributed by atoms with Crippen molar-refractivity contribution in [2.75, 3.05) is 14.2 Å². The van der Waals surface area contributed by atoms with Crippen LogP contribution in [0.3, 0.4) is 0 Å². The van der Waals surface area contributed by atoms with Crippen LogP contribution in [0.5, 0.6) is 11.5 Å². The first kappa shape index (κ1) is 17.0. The number of hydrogen-bond acceptors (Lipinski definition) is 2. The Morgan fingerprint density at radius 2 is 1.36 bits per heavy atom. The smallest absolute Gasteiger partial charge is 0.123 e. The second kappa shape index (κ2) is 7.84. The zero-order chi connectivity index (χ0) is 17.6. The summed E-state index contributed by atoms with van der Waals surface area (Å²) in [6.07, 6.45) is 0.778. The molecular weight excluding hydrogens is 315 g/mol. The van der Waals surface area contributed by atoms with Crippen LogP contribution >= 0.6 is 0 Å². The molecule has 3 rings (SSSR count). The molecule has 3 aromatic carbocycles. The summed E-state index contributed by atoms with van der Waals surface area (Å²) in [6, 6.07) is 22.8. The number of halogens is 1. The largest absolute Gasteiger partial charge is 0.497 e. The standard InChI is InChI=1S/C22H21FO2/c1-24-20-10-6-16(7-11-20)14-22(18-4-3-5-19(23)15-18)17-8-12-21(25-2)13-9-17/h3-13,15,22H,14H2,1-2H3. The molecule has 0 bridgehead atoms. The molecule has 3 aromatic rings. The molecule has 0 aliphatic rings. The predicted molar refractivity (Wildman–Crippen MR) is 97.9 cm³/mol. The Bertz CT molecular complexity index is 810. The van der Waals surface area contributed by atoms with Gasteiger partial charge in [-0.05, 0) is 59.5 Å². The van der Waals surface area contributed by atoms with Crippen LogP contribution in [0.4, 0.5) is 4.39 Å². The van der Waals surface area contributed by atoms with Crippen LogP contribution in [0, 0.1) is 5.82 Å². The molecule has 3 heteroatoms. The predicted octanol–water partition coefficient (Wildman–Crippen LogP) is 5.22. The fraction of sp³-hybridized carbons (Fsp3) is 0.182. The maximum Gasteiger partial charge on any atom is 0.123 e. The third kappa shape index (κ3) is 4.18. The first-order valence-electron chi connectivity index (χ1n) is 8.22. The molecule has 0 N–H and O–H groups in total. The Labute approximate surface area is 147 Å². The van der Waals surface area contributed by atoms with Gasteiger partial charge in [-0.15, -0.1) is 0 Å². The SMILES string of the molecule is COc1ccc(CC(c2ccc(OC)cc2)c2cccc(F)c2)cc1. The number of benzene rings is 3. The van der Waals surface area contributed by atoms with E-state index < -0.39 is 0 Å². The van der Waals surface area contributed by atoms with E-state index in [1.54, 1.807) is 26.4 Å². The highest BCUT2D eigenvalue weighted by atomic mass is 19.1. The Kier molecular flexibility index (Phi) is 5.34. The molecule has 1 unspecified atom stereocenters. The van der Waals surface area contributed by atoms with Crippen molar-refractivity contribution in [3.8, 4) is 11.5 Å². The fourth-order valence-electron chi connectivity index (χ4n) is 2.99. The van der Waals surface area contributed by atoms with E-state index in [0.717, 1.165) is 29.0 Å². The van der Waals surface area contributed by atoms with E-state index in [0.29, 0.717) is 0 Å². The normalized spacial score (nSPS) is 11.8. The van der Waals surface area contributed by atoms with Gasteiger partial charge in [0.1, 0.15) is 17.3 Å². The first-order chi connectivity index (χ1) is 12.2. The van der Waals surface area contributed by atoms with E-state index in [1.807, 2.05) is 42.5 Å². The van der Waals surface area contributed by atoms with Crippen LogP contribution in [0.25, 0.3) is 0 Å².